The molecule has 116 valence electrons. The number of aliphatic carboxylic acids is 1. The number of nitrogens with zero attached hydrogens (tertiary/aromatic N) is 3. The van der Waals surface area contributed by atoms with E-state index in [2.05, 4.69) is 12.0 Å². The van der Waals surface area contributed by atoms with Crippen molar-refractivity contribution in [2.45, 2.75) is 52.1 Å². The molecule has 1 saturated heterocycles. The highest BCUT2D eigenvalue weighted by molar-refractivity contribution is 5.79. The molecule has 0 spiro atoms. The number of carbonyl (C=O) groups excluding carboxylic acids is 1. The smallest absolute Gasteiger partial charge is 0.309 e. The van der Waals surface area contributed by atoms with Gasteiger partial charge in [-0.1, -0.05) is 6.92 Å². The van der Waals surface area contributed by atoms with Crippen molar-refractivity contribution in [3.8, 4) is 0 Å². The molecule has 1 aliphatic heterocycles. The number of hydrogen-bond acceptors (Lipinski definition) is 3. The van der Waals surface area contributed by atoms with Crippen molar-refractivity contribution in [1.29, 1.82) is 0 Å². The minimum Gasteiger partial charge on any atom is -0.481 e. The molecule has 2 rings (SSSR count). The monoisotopic (exact) mass is 293 g/mol. The highest BCUT2D eigenvalue weighted by atomic mass is 16.4. The Morgan fingerprint density at radius 1 is 1.48 bits per heavy atom. The van der Waals surface area contributed by atoms with E-state index < -0.39 is 17.9 Å². The fourth-order valence-corrected chi connectivity index (χ4v) is 3.14. The van der Waals surface area contributed by atoms with Gasteiger partial charge in [0, 0.05) is 25.7 Å². The average molecular weight is 293 g/mol. The van der Waals surface area contributed by atoms with Crippen molar-refractivity contribution in [1.82, 2.24) is 14.7 Å². The fourth-order valence-electron chi connectivity index (χ4n) is 3.14. The minimum absolute atomic E-state index is 0.0375. The van der Waals surface area contributed by atoms with Gasteiger partial charge in [0.25, 0.3) is 0 Å². The van der Waals surface area contributed by atoms with Gasteiger partial charge in [0.05, 0.1) is 17.7 Å². The van der Waals surface area contributed by atoms with Crippen LogP contribution in [0.1, 0.15) is 51.3 Å². The number of aryl methyl sites for hydroxylation is 1. The Hall–Kier alpha value is -1.85. The summed E-state index contributed by atoms with van der Waals surface area (Å²) >= 11 is 0. The van der Waals surface area contributed by atoms with Gasteiger partial charge in [0.1, 0.15) is 0 Å². The van der Waals surface area contributed by atoms with Crippen LogP contribution in [0.3, 0.4) is 0 Å². The number of hydrogen-bond donors (Lipinski definition) is 1. The Labute approximate surface area is 124 Å². The lowest BCUT2D eigenvalue weighted by Gasteiger charge is -2.33. The Morgan fingerprint density at radius 3 is 2.86 bits per heavy atom. The van der Waals surface area contributed by atoms with Crippen LogP contribution in [0.25, 0.3) is 0 Å². The third-order valence-corrected chi connectivity index (χ3v) is 4.09. The zero-order valence-corrected chi connectivity index (χ0v) is 12.7. The first kappa shape index (κ1) is 15.5. The van der Waals surface area contributed by atoms with Crippen molar-refractivity contribution in [2.24, 2.45) is 5.92 Å². The van der Waals surface area contributed by atoms with Crippen LogP contribution < -0.4 is 0 Å². The molecule has 0 aliphatic carbocycles. The topological polar surface area (TPSA) is 75.4 Å². The SMILES string of the molecule is CCCn1nccc1C1C(C(=O)O)CCCC(=O)N1CC. The lowest BCUT2D eigenvalue weighted by molar-refractivity contribution is -0.146. The molecule has 21 heavy (non-hydrogen) atoms. The van der Waals surface area contributed by atoms with E-state index in [1.165, 1.54) is 0 Å². The van der Waals surface area contributed by atoms with E-state index in [4.69, 9.17) is 0 Å². The van der Waals surface area contributed by atoms with Crippen molar-refractivity contribution in [3.63, 3.8) is 0 Å². The number of carboxylic acid groups (broad SMARTS) is 1. The zero-order chi connectivity index (χ0) is 15.4. The summed E-state index contributed by atoms with van der Waals surface area (Å²) in [7, 11) is 0. The first-order chi connectivity index (χ1) is 10.1. The molecule has 2 atom stereocenters. The molecule has 6 heteroatoms. The molecule has 1 aromatic heterocycles. The Bertz CT molecular complexity index is 510. The third-order valence-electron chi connectivity index (χ3n) is 4.09. The zero-order valence-electron chi connectivity index (χ0n) is 12.7. The van der Waals surface area contributed by atoms with Crippen molar-refractivity contribution in [2.75, 3.05) is 6.54 Å². The van der Waals surface area contributed by atoms with E-state index in [-0.39, 0.29) is 5.91 Å². The number of rotatable bonds is 5. The normalized spacial score (nSPS) is 23.1. The summed E-state index contributed by atoms with van der Waals surface area (Å²) in [5, 5.41) is 13.9. The molecule has 0 saturated carbocycles. The van der Waals surface area contributed by atoms with E-state index >= 15 is 0 Å². The van der Waals surface area contributed by atoms with Gasteiger partial charge < -0.3 is 10.0 Å². The van der Waals surface area contributed by atoms with Crippen LogP contribution in [-0.4, -0.2) is 38.2 Å². The van der Waals surface area contributed by atoms with Crippen molar-refractivity contribution >= 4 is 11.9 Å². The molecule has 2 unspecified atom stereocenters. The van der Waals surface area contributed by atoms with Crippen LogP contribution in [0.5, 0.6) is 0 Å². The first-order valence-electron chi connectivity index (χ1n) is 7.64. The van der Waals surface area contributed by atoms with E-state index in [0.717, 1.165) is 18.7 Å². The molecule has 0 radical (unpaired) electrons. The molecule has 1 aliphatic rings. The fraction of sp³-hybridized carbons (Fsp3) is 0.667. The van der Waals surface area contributed by atoms with Gasteiger partial charge in [0.2, 0.25) is 5.91 Å². The Kier molecular flexibility index (Phi) is 4.98. The summed E-state index contributed by atoms with van der Waals surface area (Å²) in [6, 6.07) is 1.42. The first-order valence-corrected chi connectivity index (χ1v) is 7.64. The van der Waals surface area contributed by atoms with Crippen LogP contribution in [0.2, 0.25) is 0 Å². The summed E-state index contributed by atoms with van der Waals surface area (Å²) in [5.41, 5.74) is 0.835. The average Bonchev–Trinajstić information content (AvgIpc) is 2.82. The van der Waals surface area contributed by atoms with E-state index in [1.54, 1.807) is 11.1 Å². The molecular formula is C15H23N3O3. The highest BCUT2D eigenvalue weighted by Crippen LogP contribution is 2.35. The maximum Gasteiger partial charge on any atom is 0.309 e. The van der Waals surface area contributed by atoms with Crippen molar-refractivity contribution < 1.29 is 14.7 Å². The van der Waals surface area contributed by atoms with Crippen LogP contribution in [-0.2, 0) is 16.1 Å². The minimum atomic E-state index is -0.836. The summed E-state index contributed by atoms with van der Waals surface area (Å²) < 4.78 is 1.84. The van der Waals surface area contributed by atoms with Gasteiger partial charge in [-0.25, -0.2) is 0 Å². The second-order valence-electron chi connectivity index (χ2n) is 5.44. The number of carbonyl (C=O) groups is 2. The Morgan fingerprint density at radius 2 is 2.24 bits per heavy atom. The molecule has 1 N–H and O–H groups in total. The molecule has 0 aromatic carbocycles. The summed E-state index contributed by atoms with van der Waals surface area (Å²) in [6.07, 6.45) is 4.19. The Balaban J connectivity index is 2.46. The van der Waals surface area contributed by atoms with Gasteiger partial charge in [0.15, 0.2) is 0 Å². The molecule has 1 fully saturated rings. The maximum absolute atomic E-state index is 12.3. The second-order valence-corrected chi connectivity index (χ2v) is 5.44. The number of likely N-dealkylation sites (tertiary alicyclic amines) is 1. The molecule has 1 aromatic rings. The van der Waals surface area contributed by atoms with Crippen LogP contribution in [0.4, 0.5) is 0 Å². The summed E-state index contributed by atoms with van der Waals surface area (Å²) in [5.74, 6) is -1.36. The summed E-state index contributed by atoms with van der Waals surface area (Å²) in [6.45, 7) is 5.20. The van der Waals surface area contributed by atoms with Crippen LogP contribution in [0, 0.1) is 5.92 Å². The number of amides is 1. The lowest BCUT2D eigenvalue weighted by atomic mass is 9.92. The van der Waals surface area contributed by atoms with E-state index in [9.17, 15) is 14.7 Å². The quantitative estimate of drug-likeness (QED) is 0.901. The predicted octanol–water partition coefficient (Wildman–Crippen LogP) is 2.07. The predicted molar refractivity (Wildman–Crippen MR) is 77.6 cm³/mol. The van der Waals surface area contributed by atoms with Crippen LogP contribution >= 0.6 is 0 Å². The molecule has 0 bridgehead atoms. The van der Waals surface area contributed by atoms with Gasteiger partial charge in [-0.05, 0) is 32.3 Å². The molecule has 6 nitrogen and oxygen atoms in total. The lowest BCUT2D eigenvalue weighted by Crippen LogP contribution is -2.40. The van der Waals surface area contributed by atoms with Gasteiger partial charge in [-0.15, -0.1) is 0 Å². The summed E-state index contributed by atoms with van der Waals surface area (Å²) in [4.78, 5) is 25.7. The largest absolute Gasteiger partial charge is 0.481 e. The van der Waals surface area contributed by atoms with Crippen LogP contribution in [0.15, 0.2) is 12.3 Å². The van der Waals surface area contributed by atoms with E-state index in [1.807, 2.05) is 17.7 Å². The number of carboxylic acids is 1. The second kappa shape index (κ2) is 6.74. The maximum atomic E-state index is 12.3. The standard InChI is InChI=1S/C15H23N3O3/c1-3-10-18-12(8-9-16-18)14-11(15(20)21)6-5-7-13(19)17(14)4-2/h8-9,11,14H,3-7,10H2,1-2H3,(H,20,21). The molecule has 2 heterocycles. The third kappa shape index (κ3) is 3.09. The van der Waals surface area contributed by atoms with E-state index in [0.29, 0.717) is 25.8 Å². The van der Waals surface area contributed by atoms with Crippen molar-refractivity contribution in [3.05, 3.63) is 18.0 Å². The molecular weight excluding hydrogens is 270 g/mol. The van der Waals surface area contributed by atoms with Gasteiger partial charge in [-0.2, -0.15) is 5.10 Å². The van der Waals surface area contributed by atoms with Gasteiger partial charge in [-0.3, -0.25) is 14.3 Å². The number of aromatic nitrogens is 2. The highest BCUT2D eigenvalue weighted by Gasteiger charge is 2.39. The van der Waals surface area contributed by atoms with Gasteiger partial charge >= 0.3 is 5.97 Å². The molecule has 1 amide bonds.